The van der Waals surface area contributed by atoms with Crippen molar-refractivity contribution in [1.29, 1.82) is 0 Å². The molecule has 0 aromatic carbocycles. The highest BCUT2D eigenvalue weighted by atomic mass is 15.1. The fourth-order valence-electron chi connectivity index (χ4n) is 0.814. The molecule has 0 aromatic rings. The van der Waals surface area contributed by atoms with Gasteiger partial charge in [0.25, 0.3) is 0 Å². The predicted octanol–water partition coefficient (Wildman–Crippen LogP) is -0.317. The highest BCUT2D eigenvalue weighted by molar-refractivity contribution is 4.47. The number of rotatable bonds is 5. The minimum absolute atomic E-state index is 1.11. The first-order valence-electron chi connectivity index (χ1n) is 3.68. The lowest BCUT2D eigenvalue weighted by Gasteiger charge is -2.16. The molecule has 2 heteroatoms. The minimum Gasteiger partial charge on any atom is -0.478 e. The SMILES string of the molecule is [CH2-][NH2+]CCN(CC)CC. The van der Waals surface area contributed by atoms with Crippen LogP contribution in [0.15, 0.2) is 0 Å². The van der Waals surface area contributed by atoms with Gasteiger partial charge in [0.1, 0.15) is 0 Å². The normalized spacial score (nSPS) is 10.7. The summed E-state index contributed by atoms with van der Waals surface area (Å²) in [4.78, 5) is 2.39. The van der Waals surface area contributed by atoms with E-state index in [1.807, 2.05) is 5.32 Å². The Labute approximate surface area is 58.2 Å². The van der Waals surface area contributed by atoms with E-state index in [2.05, 4.69) is 25.8 Å². The lowest BCUT2D eigenvalue weighted by molar-refractivity contribution is -0.595. The van der Waals surface area contributed by atoms with Gasteiger partial charge in [-0.1, -0.05) is 13.8 Å². The summed E-state index contributed by atoms with van der Waals surface area (Å²) in [5.74, 6) is 0. The van der Waals surface area contributed by atoms with Crippen LogP contribution in [0.4, 0.5) is 0 Å². The van der Waals surface area contributed by atoms with Crippen LogP contribution in [-0.4, -0.2) is 31.1 Å². The van der Waals surface area contributed by atoms with Gasteiger partial charge in [-0.15, -0.1) is 0 Å². The second-order valence-electron chi connectivity index (χ2n) is 2.10. The van der Waals surface area contributed by atoms with Crippen LogP contribution in [0.2, 0.25) is 0 Å². The fraction of sp³-hybridized carbons (Fsp3) is 0.857. The molecule has 0 fully saturated rings. The summed E-state index contributed by atoms with van der Waals surface area (Å²) in [6.07, 6.45) is 0. The summed E-state index contributed by atoms with van der Waals surface area (Å²) in [5.41, 5.74) is 0. The molecule has 2 nitrogen and oxygen atoms in total. The number of hydrogen-bond donors (Lipinski definition) is 1. The van der Waals surface area contributed by atoms with E-state index in [4.69, 9.17) is 0 Å². The van der Waals surface area contributed by atoms with Crippen molar-refractivity contribution < 1.29 is 5.32 Å². The molecule has 2 N–H and O–H groups in total. The second-order valence-corrected chi connectivity index (χ2v) is 2.10. The molecule has 0 unspecified atom stereocenters. The van der Waals surface area contributed by atoms with Gasteiger partial charge in [-0.05, 0) is 13.1 Å². The van der Waals surface area contributed by atoms with Crippen molar-refractivity contribution in [2.24, 2.45) is 0 Å². The van der Waals surface area contributed by atoms with Crippen molar-refractivity contribution in [2.75, 3.05) is 26.2 Å². The number of nitrogens with zero attached hydrogens (tertiary/aromatic N) is 1. The maximum Gasteiger partial charge on any atom is 0.0645 e. The fourth-order valence-corrected chi connectivity index (χ4v) is 0.814. The zero-order valence-electron chi connectivity index (χ0n) is 6.56. The Balaban J connectivity index is 3.09. The zero-order chi connectivity index (χ0) is 7.11. The number of nitrogens with two attached hydrogens (primary N) is 1. The van der Waals surface area contributed by atoms with E-state index in [9.17, 15) is 0 Å². The van der Waals surface area contributed by atoms with Gasteiger partial charge < -0.3 is 5.32 Å². The largest absolute Gasteiger partial charge is 0.478 e. The van der Waals surface area contributed by atoms with Crippen LogP contribution < -0.4 is 5.32 Å². The van der Waals surface area contributed by atoms with Gasteiger partial charge in [0.05, 0.1) is 6.54 Å². The molecule has 0 aliphatic heterocycles. The van der Waals surface area contributed by atoms with E-state index in [-0.39, 0.29) is 0 Å². The third-order valence-electron chi connectivity index (χ3n) is 1.54. The monoisotopic (exact) mass is 130 g/mol. The Kier molecular flexibility index (Phi) is 5.99. The first kappa shape index (κ1) is 8.92. The maximum absolute atomic E-state index is 3.67. The van der Waals surface area contributed by atoms with Crippen molar-refractivity contribution in [1.82, 2.24) is 4.90 Å². The first-order valence-corrected chi connectivity index (χ1v) is 3.68. The van der Waals surface area contributed by atoms with Crippen LogP contribution in [0.1, 0.15) is 13.8 Å². The summed E-state index contributed by atoms with van der Waals surface area (Å²) in [6.45, 7) is 8.96. The number of hydrogen-bond acceptors (Lipinski definition) is 1. The van der Waals surface area contributed by atoms with E-state index >= 15 is 0 Å². The molecule has 0 heterocycles. The Bertz CT molecular complexity index is 50.9. The summed E-state index contributed by atoms with van der Waals surface area (Å²) in [6, 6.07) is 0. The van der Waals surface area contributed by atoms with Crippen molar-refractivity contribution in [3.63, 3.8) is 0 Å². The van der Waals surface area contributed by atoms with Crippen LogP contribution in [0.25, 0.3) is 0 Å². The molecular weight excluding hydrogens is 112 g/mol. The van der Waals surface area contributed by atoms with Crippen LogP contribution in [-0.2, 0) is 0 Å². The number of likely N-dealkylation sites (N-methyl/N-ethyl adjacent to an activating group) is 1. The Morgan fingerprint density at radius 1 is 1.33 bits per heavy atom. The molecule has 0 aliphatic carbocycles. The molecule has 0 atom stereocenters. The van der Waals surface area contributed by atoms with Gasteiger partial charge in [-0.25, -0.2) is 0 Å². The molecule has 0 saturated heterocycles. The predicted molar refractivity (Wildman–Crippen MR) is 39.9 cm³/mol. The van der Waals surface area contributed by atoms with Crippen LogP contribution >= 0.6 is 0 Å². The Morgan fingerprint density at radius 2 is 1.89 bits per heavy atom. The molecule has 0 radical (unpaired) electrons. The quantitative estimate of drug-likeness (QED) is 0.506. The van der Waals surface area contributed by atoms with Gasteiger partial charge in [0.15, 0.2) is 0 Å². The van der Waals surface area contributed by atoms with Crippen molar-refractivity contribution >= 4 is 0 Å². The molecule has 0 aromatic heterocycles. The molecule has 0 amide bonds. The van der Waals surface area contributed by atoms with Crippen LogP contribution in [0.3, 0.4) is 0 Å². The number of quaternary nitrogens is 1. The van der Waals surface area contributed by atoms with Crippen molar-refractivity contribution in [3.8, 4) is 0 Å². The first-order chi connectivity index (χ1) is 4.35. The Morgan fingerprint density at radius 3 is 2.22 bits per heavy atom. The second kappa shape index (κ2) is 6.05. The summed E-state index contributed by atoms with van der Waals surface area (Å²) < 4.78 is 0. The average molecular weight is 130 g/mol. The molecule has 0 bridgehead atoms. The molecule has 0 rings (SSSR count). The van der Waals surface area contributed by atoms with Gasteiger partial charge in [-0.3, -0.25) is 4.90 Å². The van der Waals surface area contributed by atoms with Gasteiger partial charge in [0.2, 0.25) is 0 Å². The lowest BCUT2D eigenvalue weighted by Crippen LogP contribution is -2.78. The van der Waals surface area contributed by atoms with E-state index in [0.29, 0.717) is 0 Å². The zero-order valence-corrected chi connectivity index (χ0v) is 6.56. The summed E-state index contributed by atoms with van der Waals surface area (Å²) in [5, 5.41) is 1.97. The molecule has 0 saturated carbocycles. The minimum atomic E-state index is 1.11. The Hall–Kier alpha value is -0.0800. The summed E-state index contributed by atoms with van der Waals surface area (Å²) in [7, 11) is 3.67. The molecular formula is C7H18N2. The van der Waals surface area contributed by atoms with Gasteiger partial charge >= 0.3 is 0 Å². The highest BCUT2D eigenvalue weighted by Gasteiger charge is 1.95. The van der Waals surface area contributed by atoms with Crippen LogP contribution in [0, 0.1) is 7.05 Å². The standard InChI is InChI=1S/C7H18N2/c1-4-9(5-2)7-6-8-3/h3-8H2,1-2H3. The topological polar surface area (TPSA) is 19.9 Å². The molecule has 0 aliphatic rings. The van der Waals surface area contributed by atoms with E-state index in [1.54, 1.807) is 0 Å². The van der Waals surface area contributed by atoms with Crippen molar-refractivity contribution in [2.45, 2.75) is 13.8 Å². The molecule has 9 heavy (non-hydrogen) atoms. The average Bonchev–Trinajstić information content (AvgIpc) is 1.91. The van der Waals surface area contributed by atoms with Gasteiger partial charge in [-0.2, -0.15) is 7.05 Å². The smallest absolute Gasteiger partial charge is 0.0645 e. The third-order valence-corrected chi connectivity index (χ3v) is 1.54. The van der Waals surface area contributed by atoms with E-state index in [1.165, 1.54) is 0 Å². The van der Waals surface area contributed by atoms with Gasteiger partial charge in [0, 0.05) is 6.54 Å². The maximum atomic E-state index is 3.67. The van der Waals surface area contributed by atoms with Crippen molar-refractivity contribution in [3.05, 3.63) is 7.05 Å². The molecule has 56 valence electrons. The van der Waals surface area contributed by atoms with E-state index < -0.39 is 0 Å². The third kappa shape index (κ3) is 4.43. The van der Waals surface area contributed by atoms with E-state index in [0.717, 1.165) is 26.2 Å². The van der Waals surface area contributed by atoms with Crippen LogP contribution in [0.5, 0.6) is 0 Å². The summed E-state index contributed by atoms with van der Waals surface area (Å²) >= 11 is 0. The molecule has 0 spiro atoms. The highest BCUT2D eigenvalue weighted by Crippen LogP contribution is 1.81. The lowest BCUT2D eigenvalue weighted by atomic mass is 10.5.